The van der Waals surface area contributed by atoms with E-state index in [1.54, 1.807) is 0 Å². The van der Waals surface area contributed by atoms with Gasteiger partial charge in [-0.15, -0.1) is 0 Å². The Kier molecular flexibility index (Phi) is 1.10. The topological polar surface area (TPSA) is 20.3 Å². The van der Waals surface area contributed by atoms with Crippen LogP contribution in [-0.2, 0) is 4.79 Å². The summed E-state index contributed by atoms with van der Waals surface area (Å²) in [6.07, 6.45) is 6.01. The standard InChI is InChI=1S/C8H11NO/c1-2-6-3-4-9-7(6)5-8(9)10/h3-4,6-7H,2,5H2,1H3/t6?,7-/m0/s1. The summed E-state index contributed by atoms with van der Waals surface area (Å²) < 4.78 is 0. The minimum atomic E-state index is 0.289. The van der Waals surface area contributed by atoms with Crippen LogP contribution < -0.4 is 0 Å². The van der Waals surface area contributed by atoms with Gasteiger partial charge in [-0.05, 0) is 12.3 Å². The lowest BCUT2D eigenvalue weighted by atomic mass is 9.91. The van der Waals surface area contributed by atoms with Crippen molar-refractivity contribution in [2.24, 2.45) is 5.92 Å². The molecule has 1 unspecified atom stereocenters. The Morgan fingerprint density at radius 1 is 1.80 bits per heavy atom. The lowest BCUT2D eigenvalue weighted by molar-refractivity contribution is -0.141. The molecule has 0 radical (unpaired) electrons. The van der Waals surface area contributed by atoms with Gasteiger partial charge in [0.25, 0.3) is 0 Å². The van der Waals surface area contributed by atoms with Crippen LogP contribution in [0.15, 0.2) is 12.3 Å². The number of amides is 1. The highest BCUT2D eigenvalue weighted by Gasteiger charge is 2.41. The van der Waals surface area contributed by atoms with E-state index in [4.69, 9.17) is 0 Å². The Hall–Kier alpha value is -0.790. The molecule has 0 bridgehead atoms. The van der Waals surface area contributed by atoms with Crippen LogP contribution in [0.2, 0.25) is 0 Å². The van der Waals surface area contributed by atoms with Gasteiger partial charge < -0.3 is 4.90 Å². The fourth-order valence-corrected chi connectivity index (χ4v) is 1.75. The highest BCUT2D eigenvalue weighted by Crippen LogP contribution is 2.34. The van der Waals surface area contributed by atoms with E-state index in [1.165, 1.54) is 0 Å². The van der Waals surface area contributed by atoms with E-state index in [0.717, 1.165) is 12.8 Å². The van der Waals surface area contributed by atoms with Crippen molar-refractivity contribution in [1.29, 1.82) is 0 Å². The first kappa shape index (κ1) is 5.96. The van der Waals surface area contributed by atoms with Crippen LogP contribution in [-0.4, -0.2) is 16.8 Å². The number of rotatable bonds is 1. The molecular weight excluding hydrogens is 126 g/mol. The first-order valence-electron chi connectivity index (χ1n) is 3.82. The maximum Gasteiger partial charge on any atom is 0.228 e. The second-order valence-corrected chi connectivity index (χ2v) is 2.99. The Morgan fingerprint density at radius 2 is 2.60 bits per heavy atom. The quantitative estimate of drug-likeness (QED) is 0.496. The summed E-state index contributed by atoms with van der Waals surface area (Å²) in [5.74, 6) is 0.926. The summed E-state index contributed by atoms with van der Waals surface area (Å²) in [5.41, 5.74) is 0. The summed E-state index contributed by atoms with van der Waals surface area (Å²) in [5, 5.41) is 0. The first-order chi connectivity index (χ1) is 4.83. The zero-order valence-corrected chi connectivity index (χ0v) is 6.08. The van der Waals surface area contributed by atoms with E-state index >= 15 is 0 Å². The number of β-lactam (4-membered cyclic amide) rings is 1. The Balaban J connectivity index is 2.10. The van der Waals surface area contributed by atoms with Crippen LogP contribution in [0.1, 0.15) is 19.8 Å². The van der Waals surface area contributed by atoms with Crippen molar-refractivity contribution >= 4 is 5.91 Å². The second-order valence-electron chi connectivity index (χ2n) is 2.99. The largest absolute Gasteiger partial charge is 0.315 e. The lowest BCUT2D eigenvalue weighted by Gasteiger charge is -2.36. The van der Waals surface area contributed by atoms with Crippen molar-refractivity contribution in [3.05, 3.63) is 12.3 Å². The van der Waals surface area contributed by atoms with Crippen molar-refractivity contribution < 1.29 is 4.79 Å². The van der Waals surface area contributed by atoms with Crippen molar-refractivity contribution in [3.8, 4) is 0 Å². The van der Waals surface area contributed by atoms with Gasteiger partial charge in [-0.2, -0.15) is 0 Å². The number of hydrogen-bond acceptors (Lipinski definition) is 1. The molecule has 2 heterocycles. The molecular formula is C8H11NO. The fraction of sp³-hybridized carbons (Fsp3) is 0.625. The van der Waals surface area contributed by atoms with Gasteiger partial charge in [0.2, 0.25) is 5.91 Å². The maximum absolute atomic E-state index is 10.8. The first-order valence-corrected chi connectivity index (χ1v) is 3.82. The van der Waals surface area contributed by atoms with Gasteiger partial charge in [-0.25, -0.2) is 0 Å². The molecule has 0 N–H and O–H groups in total. The molecule has 10 heavy (non-hydrogen) atoms. The molecule has 54 valence electrons. The Morgan fingerprint density at radius 3 is 3.10 bits per heavy atom. The molecule has 1 fully saturated rings. The highest BCUT2D eigenvalue weighted by molar-refractivity contribution is 5.85. The second kappa shape index (κ2) is 1.84. The van der Waals surface area contributed by atoms with E-state index in [9.17, 15) is 4.79 Å². The molecule has 2 nitrogen and oxygen atoms in total. The van der Waals surface area contributed by atoms with Crippen LogP contribution >= 0.6 is 0 Å². The van der Waals surface area contributed by atoms with Crippen molar-refractivity contribution in [1.82, 2.24) is 4.90 Å². The molecule has 0 saturated carbocycles. The Bertz CT molecular complexity index is 197. The normalized spacial score (nSPS) is 36.1. The lowest BCUT2D eigenvalue weighted by Crippen LogP contribution is -2.49. The smallest absolute Gasteiger partial charge is 0.228 e. The van der Waals surface area contributed by atoms with Gasteiger partial charge in [-0.1, -0.05) is 13.0 Å². The zero-order chi connectivity index (χ0) is 7.14. The van der Waals surface area contributed by atoms with E-state index in [2.05, 4.69) is 13.0 Å². The number of nitrogens with zero attached hydrogens (tertiary/aromatic N) is 1. The maximum atomic E-state index is 10.8. The molecule has 2 heteroatoms. The number of fused-ring (bicyclic) bond motifs is 1. The fourth-order valence-electron chi connectivity index (χ4n) is 1.75. The Labute approximate surface area is 60.5 Å². The highest BCUT2D eigenvalue weighted by atomic mass is 16.2. The van der Waals surface area contributed by atoms with Gasteiger partial charge in [0.05, 0.1) is 6.04 Å². The minimum absolute atomic E-state index is 0.289. The molecule has 0 aliphatic carbocycles. The average Bonchev–Trinajstić information content (AvgIpc) is 2.25. The van der Waals surface area contributed by atoms with Gasteiger partial charge in [-0.3, -0.25) is 4.79 Å². The summed E-state index contributed by atoms with van der Waals surface area (Å²) in [7, 11) is 0. The zero-order valence-electron chi connectivity index (χ0n) is 6.08. The van der Waals surface area contributed by atoms with Crippen LogP contribution in [0.3, 0.4) is 0 Å². The van der Waals surface area contributed by atoms with Crippen LogP contribution in [0.4, 0.5) is 0 Å². The summed E-state index contributed by atoms with van der Waals surface area (Å²) in [4.78, 5) is 12.7. The molecule has 1 saturated heterocycles. The third-order valence-electron chi connectivity index (χ3n) is 2.49. The predicted octanol–water partition coefficient (Wildman–Crippen LogP) is 1.14. The van der Waals surface area contributed by atoms with Crippen LogP contribution in [0.5, 0.6) is 0 Å². The van der Waals surface area contributed by atoms with E-state index in [-0.39, 0.29) is 5.91 Å². The van der Waals surface area contributed by atoms with Crippen molar-refractivity contribution in [2.75, 3.05) is 0 Å². The van der Waals surface area contributed by atoms with Crippen LogP contribution in [0, 0.1) is 5.92 Å². The van der Waals surface area contributed by atoms with E-state index in [0.29, 0.717) is 12.0 Å². The molecule has 0 aromatic heterocycles. The monoisotopic (exact) mass is 137 g/mol. The summed E-state index contributed by atoms with van der Waals surface area (Å²) in [6, 6.07) is 0.525. The van der Waals surface area contributed by atoms with E-state index < -0.39 is 0 Å². The molecule has 0 spiro atoms. The van der Waals surface area contributed by atoms with Gasteiger partial charge in [0.1, 0.15) is 0 Å². The molecule has 2 rings (SSSR count). The van der Waals surface area contributed by atoms with Gasteiger partial charge in [0.15, 0.2) is 0 Å². The molecule has 0 aromatic rings. The summed E-state index contributed by atoms with van der Waals surface area (Å²) in [6.45, 7) is 2.17. The third kappa shape index (κ3) is 0.564. The molecule has 1 amide bonds. The van der Waals surface area contributed by atoms with E-state index in [1.807, 2.05) is 11.1 Å². The molecule has 2 aliphatic heterocycles. The molecule has 0 aromatic carbocycles. The molecule has 2 aliphatic rings. The third-order valence-corrected chi connectivity index (χ3v) is 2.49. The number of carbonyl (C=O) groups is 1. The van der Waals surface area contributed by atoms with Gasteiger partial charge in [0, 0.05) is 12.6 Å². The number of hydrogen-bond donors (Lipinski definition) is 0. The minimum Gasteiger partial charge on any atom is -0.315 e. The average molecular weight is 137 g/mol. The van der Waals surface area contributed by atoms with Crippen molar-refractivity contribution in [2.45, 2.75) is 25.8 Å². The predicted molar refractivity (Wildman–Crippen MR) is 38.2 cm³/mol. The van der Waals surface area contributed by atoms with Gasteiger partial charge >= 0.3 is 0 Å². The molecule has 2 atom stereocenters. The number of carbonyl (C=O) groups excluding carboxylic acids is 1. The van der Waals surface area contributed by atoms with Crippen LogP contribution in [0.25, 0.3) is 0 Å². The van der Waals surface area contributed by atoms with Crippen molar-refractivity contribution in [3.63, 3.8) is 0 Å². The summed E-state index contributed by atoms with van der Waals surface area (Å²) >= 11 is 0. The SMILES string of the molecule is CCC1C=CN2C(=O)C[C@@H]12.